The average molecular weight is 213 g/mol. The molecule has 0 radical (unpaired) electrons. The highest BCUT2D eigenvalue weighted by Crippen LogP contribution is 2.43. The zero-order valence-corrected chi connectivity index (χ0v) is 10.2. The van der Waals surface area contributed by atoms with E-state index in [4.69, 9.17) is 0 Å². The Morgan fingerprint density at radius 1 is 1.33 bits per heavy atom. The van der Waals surface area contributed by atoms with Crippen molar-refractivity contribution in [3.05, 3.63) is 16.3 Å². The van der Waals surface area contributed by atoms with E-state index in [-0.39, 0.29) is 0 Å². The van der Waals surface area contributed by atoms with Crippen molar-refractivity contribution in [1.29, 1.82) is 0 Å². The van der Waals surface area contributed by atoms with Crippen LogP contribution in [0.15, 0.2) is 16.6 Å². The Labute approximate surface area is 90.3 Å². The molecule has 0 spiro atoms. The van der Waals surface area contributed by atoms with Crippen LogP contribution >= 0.6 is 0 Å². The fourth-order valence-electron chi connectivity index (χ4n) is 2.16. The molecule has 1 saturated heterocycles. The second kappa shape index (κ2) is 3.28. The van der Waals surface area contributed by atoms with E-state index in [0.717, 1.165) is 5.06 Å². The van der Waals surface area contributed by atoms with E-state index in [2.05, 4.69) is 5.18 Å². The van der Waals surface area contributed by atoms with Crippen LogP contribution in [0.2, 0.25) is 0 Å². The van der Waals surface area contributed by atoms with Gasteiger partial charge in [0.25, 0.3) is 0 Å². The zero-order valence-electron chi connectivity index (χ0n) is 10.2. The molecular weight excluding hydrogens is 194 g/mol. The number of allylic oxidation sites excluding steroid dienone is 1. The van der Waals surface area contributed by atoms with Crippen LogP contribution in [0.4, 0.5) is 0 Å². The Hall–Kier alpha value is -0.940. The first kappa shape index (κ1) is 12.1. The van der Waals surface area contributed by atoms with Crippen LogP contribution in [0.1, 0.15) is 34.6 Å². The Balaban J connectivity index is 3.38. The predicted octanol–water partition coefficient (Wildman–Crippen LogP) is 2.14. The van der Waals surface area contributed by atoms with Crippen LogP contribution in [-0.4, -0.2) is 33.4 Å². The SMILES string of the molecule is C/C(N=O)=C1/N(O)C(C)(C)N(C)C1(C)C. The van der Waals surface area contributed by atoms with Gasteiger partial charge in [-0.15, -0.1) is 4.91 Å². The first-order valence-corrected chi connectivity index (χ1v) is 4.95. The van der Waals surface area contributed by atoms with E-state index in [0.29, 0.717) is 11.4 Å². The maximum absolute atomic E-state index is 10.6. The van der Waals surface area contributed by atoms with Crippen molar-refractivity contribution >= 4 is 0 Å². The van der Waals surface area contributed by atoms with Crippen molar-refractivity contribution in [1.82, 2.24) is 9.96 Å². The Morgan fingerprint density at radius 2 is 1.80 bits per heavy atom. The Morgan fingerprint density at radius 3 is 2.07 bits per heavy atom. The molecule has 0 unspecified atom stereocenters. The lowest BCUT2D eigenvalue weighted by Gasteiger charge is -2.35. The molecule has 86 valence electrons. The summed E-state index contributed by atoms with van der Waals surface area (Å²) in [6, 6.07) is 0. The molecule has 0 aromatic rings. The lowest BCUT2D eigenvalue weighted by Crippen LogP contribution is -2.48. The van der Waals surface area contributed by atoms with Crippen LogP contribution in [-0.2, 0) is 0 Å². The Kier molecular flexibility index (Phi) is 2.65. The van der Waals surface area contributed by atoms with E-state index in [9.17, 15) is 10.1 Å². The molecule has 1 aliphatic rings. The van der Waals surface area contributed by atoms with E-state index in [1.165, 1.54) is 0 Å². The first-order chi connectivity index (χ1) is 6.67. The molecule has 1 fully saturated rings. The standard InChI is InChI=1S/C10H19N3O2/c1-7(11-14)8-9(2,3)12(6)10(4,5)13(8)15/h15H,1-6H3/b8-7-. The summed E-state index contributed by atoms with van der Waals surface area (Å²) in [5, 5.41) is 14.1. The monoisotopic (exact) mass is 213 g/mol. The Bertz CT molecular complexity index is 321. The molecule has 0 saturated carbocycles. The van der Waals surface area contributed by atoms with Crippen LogP contribution in [0.25, 0.3) is 0 Å². The predicted molar refractivity (Wildman–Crippen MR) is 58.0 cm³/mol. The molecule has 0 atom stereocenters. The van der Waals surface area contributed by atoms with Gasteiger partial charge in [-0.25, -0.2) is 5.06 Å². The summed E-state index contributed by atoms with van der Waals surface area (Å²) in [7, 11) is 1.91. The fraction of sp³-hybridized carbons (Fsp3) is 0.800. The number of hydrogen-bond donors (Lipinski definition) is 1. The maximum Gasteiger partial charge on any atom is 0.114 e. The fourth-order valence-corrected chi connectivity index (χ4v) is 2.16. The van der Waals surface area contributed by atoms with Gasteiger partial charge in [0.2, 0.25) is 0 Å². The van der Waals surface area contributed by atoms with E-state index >= 15 is 0 Å². The molecule has 0 bridgehead atoms. The van der Waals surface area contributed by atoms with Gasteiger partial charge < -0.3 is 0 Å². The first-order valence-electron chi connectivity index (χ1n) is 4.95. The summed E-state index contributed by atoms with van der Waals surface area (Å²) in [5.41, 5.74) is -0.0639. The molecule has 1 aliphatic heterocycles. The summed E-state index contributed by atoms with van der Waals surface area (Å²) in [6.07, 6.45) is 0. The van der Waals surface area contributed by atoms with Gasteiger partial charge in [-0.1, -0.05) is 0 Å². The molecule has 5 heteroatoms. The number of rotatable bonds is 1. The molecule has 0 aliphatic carbocycles. The van der Waals surface area contributed by atoms with Crippen LogP contribution in [0.3, 0.4) is 0 Å². The summed E-state index contributed by atoms with van der Waals surface area (Å²) in [6.45, 7) is 9.30. The van der Waals surface area contributed by atoms with Gasteiger partial charge in [-0.2, -0.15) is 0 Å². The van der Waals surface area contributed by atoms with Crippen LogP contribution in [0, 0.1) is 4.91 Å². The van der Waals surface area contributed by atoms with Crippen molar-refractivity contribution in [2.24, 2.45) is 5.18 Å². The molecule has 0 aromatic heterocycles. The molecule has 0 aromatic carbocycles. The minimum atomic E-state index is -0.537. The topological polar surface area (TPSA) is 56.1 Å². The van der Waals surface area contributed by atoms with Gasteiger partial charge in [0, 0.05) is 0 Å². The molecule has 1 N–H and O–H groups in total. The average Bonchev–Trinajstić information content (AvgIpc) is 2.25. The summed E-state index contributed by atoms with van der Waals surface area (Å²) >= 11 is 0. The van der Waals surface area contributed by atoms with E-state index < -0.39 is 11.2 Å². The highest BCUT2D eigenvalue weighted by atomic mass is 16.5. The van der Waals surface area contributed by atoms with Gasteiger partial charge in [0.05, 0.1) is 11.2 Å². The molecular formula is C10H19N3O2. The van der Waals surface area contributed by atoms with Gasteiger partial charge in [0.1, 0.15) is 11.4 Å². The molecule has 0 amide bonds. The minimum Gasteiger partial charge on any atom is -0.287 e. The third kappa shape index (κ3) is 1.46. The van der Waals surface area contributed by atoms with Crippen LogP contribution in [0.5, 0.6) is 0 Å². The van der Waals surface area contributed by atoms with Gasteiger partial charge in [-0.05, 0) is 46.8 Å². The second-order valence-corrected chi connectivity index (χ2v) is 4.95. The molecule has 1 rings (SSSR count). The molecule has 1 heterocycles. The summed E-state index contributed by atoms with van der Waals surface area (Å²) < 4.78 is 0. The summed E-state index contributed by atoms with van der Waals surface area (Å²) in [5.74, 6) is 0. The van der Waals surface area contributed by atoms with Gasteiger partial charge in [0.15, 0.2) is 0 Å². The lowest BCUT2D eigenvalue weighted by atomic mass is 9.99. The third-order valence-electron chi connectivity index (χ3n) is 3.45. The van der Waals surface area contributed by atoms with E-state index in [1.807, 2.05) is 39.6 Å². The molecule has 15 heavy (non-hydrogen) atoms. The third-order valence-corrected chi connectivity index (χ3v) is 3.45. The van der Waals surface area contributed by atoms with Crippen molar-refractivity contribution in [2.45, 2.75) is 45.8 Å². The largest absolute Gasteiger partial charge is 0.287 e. The quantitative estimate of drug-likeness (QED) is 0.678. The smallest absolute Gasteiger partial charge is 0.114 e. The summed E-state index contributed by atoms with van der Waals surface area (Å²) in [4.78, 5) is 12.6. The zero-order chi connectivity index (χ0) is 12.0. The van der Waals surface area contributed by atoms with Crippen LogP contribution < -0.4 is 0 Å². The second-order valence-electron chi connectivity index (χ2n) is 4.95. The van der Waals surface area contributed by atoms with Gasteiger partial charge in [-0.3, -0.25) is 10.1 Å². The number of likely N-dealkylation sites (N-methyl/N-ethyl adjacent to an activating group) is 1. The number of hydrogen-bond acceptors (Lipinski definition) is 5. The minimum absolute atomic E-state index is 0.319. The van der Waals surface area contributed by atoms with E-state index in [1.54, 1.807) is 6.92 Å². The van der Waals surface area contributed by atoms with Gasteiger partial charge >= 0.3 is 0 Å². The van der Waals surface area contributed by atoms with Crippen molar-refractivity contribution < 1.29 is 5.21 Å². The number of hydroxylamine groups is 2. The molecule has 5 nitrogen and oxygen atoms in total. The lowest BCUT2D eigenvalue weighted by molar-refractivity contribution is -0.148. The maximum atomic E-state index is 10.6. The highest BCUT2D eigenvalue weighted by molar-refractivity contribution is 5.27. The highest BCUT2D eigenvalue weighted by Gasteiger charge is 2.52. The normalized spacial score (nSPS) is 28.1. The van der Waals surface area contributed by atoms with Crippen molar-refractivity contribution in [3.63, 3.8) is 0 Å². The van der Waals surface area contributed by atoms with Crippen molar-refractivity contribution in [3.8, 4) is 0 Å². The number of nitroso groups, excluding NO2 is 1. The van der Waals surface area contributed by atoms with Crippen molar-refractivity contribution in [2.75, 3.05) is 7.05 Å². The number of nitrogens with zero attached hydrogens (tertiary/aromatic N) is 3.